The molecule has 31 heavy (non-hydrogen) atoms. The number of benzene rings is 3. The second-order valence-corrected chi connectivity index (χ2v) is 7.49. The fourth-order valence-electron chi connectivity index (χ4n) is 3.38. The van der Waals surface area contributed by atoms with Gasteiger partial charge in [-0.15, -0.1) is 6.58 Å². The van der Waals surface area contributed by atoms with Crippen molar-refractivity contribution in [2.24, 2.45) is 0 Å². The summed E-state index contributed by atoms with van der Waals surface area (Å²) in [6, 6.07) is 23.2. The maximum atomic E-state index is 12.9. The Bertz CT molecular complexity index is 1260. The number of esters is 1. The molecule has 1 aromatic heterocycles. The van der Waals surface area contributed by atoms with Crippen LogP contribution in [0.5, 0.6) is 0 Å². The van der Waals surface area contributed by atoms with Gasteiger partial charge in [-0.05, 0) is 38.1 Å². The van der Waals surface area contributed by atoms with Gasteiger partial charge >= 0.3 is 5.97 Å². The van der Waals surface area contributed by atoms with Crippen molar-refractivity contribution < 1.29 is 9.53 Å². The molecule has 0 saturated heterocycles. The standard InChI is InChI=1S/C27H24N2O2/c1-4-17-29-24-8-6-5-7-23(24)28-26(29)18-25(21-13-9-19(2)10-14-21)31-27(30)22-15-11-20(3)12-16-22/h4-16,18H,1,17H2,2-3H3/b25-18+. The molecule has 154 valence electrons. The topological polar surface area (TPSA) is 44.1 Å². The van der Waals surface area contributed by atoms with Crippen molar-refractivity contribution in [1.29, 1.82) is 0 Å². The van der Waals surface area contributed by atoms with Gasteiger partial charge in [0.1, 0.15) is 11.6 Å². The van der Waals surface area contributed by atoms with Crippen LogP contribution in [-0.4, -0.2) is 15.5 Å². The zero-order valence-corrected chi connectivity index (χ0v) is 17.7. The van der Waals surface area contributed by atoms with Gasteiger partial charge in [-0.1, -0.05) is 65.7 Å². The zero-order chi connectivity index (χ0) is 21.8. The van der Waals surface area contributed by atoms with Crippen LogP contribution < -0.4 is 0 Å². The lowest BCUT2D eigenvalue weighted by molar-refractivity contribution is 0.0693. The van der Waals surface area contributed by atoms with Crippen molar-refractivity contribution in [3.05, 3.63) is 114 Å². The molecule has 0 aliphatic carbocycles. The van der Waals surface area contributed by atoms with Gasteiger partial charge in [0.2, 0.25) is 0 Å². The molecule has 0 spiro atoms. The van der Waals surface area contributed by atoms with Crippen LogP contribution >= 0.6 is 0 Å². The summed E-state index contributed by atoms with van der Waals surface area (Å²) in [5.74, 6) is 0.748. The highest BCUT2D eigenvalue weighted by Crippen LogP contribution is 2.24. The quantitative estimate of drug-likeness (QED) is 0.217. The maximum Gasteiger partial charge on any atom is 0.343 e. The molecule has 4 aromatic rings. The van der Waals surface area contributed by atoms with Crippen molar-refractivity contribution >= 4 is 28.8 Å². The van der Waals surface area contributed by atoms with E-state index in [2.05, 4.69) is 11.1 Å². The van der Waals surface area contributed by atoms with Gasteiger partial charge < -0.3 is 9.30 Å². The summed E-state index contributed by atoms with van der Waals surface area (Å²) in [4.78, 5) is 17.6. The first-order valence-corrected chi connectivity index (χ1v) is 10.2. The Morgan fingerprint density at radius 1 is 0.935 bits per heavy atom. The number of hydrogen-bond acceptors (Lipinski definition) is 3. The van der Waals surface area contributed by atoms with E-state index in [0.717, 1.165) is 27.7 Å². The average molecular weight is 409 g/mol. The normalized spacial score (nSPS) is 11.5. The van der Waals surface area contributed by atoms with Crippen LogP contribution in [0.25, 0.3) is 22.9 Å². The Labute approximate surface area is 182 Å². The van der Waals surface area contributed by atoms with Crippen LogP contribution in [-0.2, 0) is 11.3 Å². The second-order valence-electron chi connectivity index (χ2n) is 7.49. The number of imidazole rings is 1. The number of rotatable bonds is 6. The fourth-order valence-corrected chi connectivity index (χ4v) is 3.38. The molecule has 0 unspecified atom stereocenters. The zero-order valence-electron chi connectivity index (χ0n) is 17.7. The summed E-state index contributed by atoms with van der Waals surface area (Å²) < 4.78 is 7.93. The van der Waals surface area contributed by atoms with Crippen LogP contribution in [0.1, 0.15) is 32.9 Å². The molecule has 0 radical (unpaired) electrons. The molecular formula is C27H24N2O2. The predicted octanol–water partition coefficient (Wildman–Crippen LogP) is 6.19. The maximum absolute atomic E-state index is 12.9. The van der Waals surface area contributed by atoms with E-state index in [1.165, 1.54) is 0 Å². The first-order chi connectivity index (χ1) is 15.0. The van der Waals surface area contributed by atoms with Gasteiger partial charge in [-0.2, -0.15) is 0 Å². The van der Waals surface area contributed by atoms with E-state index in [1.807, 2.05) is 86.7 Å². The van der Waals surface area contributed by atoms with Crippen LogP contribution in [0.2, 0.25) is 0 Å². The Kier molecular flexibility index (Phi) is 5.80. The molecule has 0 saturated carbocycles. The van der Waals surface area contributed by atoms with Crippen LogP contribution in [0.3, 0.4) is 0 Å². The molecule has 3 aromatic carbocycles. The largest absolute Gasteiger partial charge is 0.422 e. The number of allylic oxidation sites excluding steroid dienone is 1. The van der Waals surface area contributed by atoms with Gasteiger partial charge in [0, 0.05) is 18.2 Å². The molecule has 0 amide bonds. The number of para-hydroxylation sites is 2. The van der Waals surface area contributed by atoms with Crippen LogP contribution in [0.4, 0.5) is 0 Å². The Balaban J connectivity index is 1.80. The summed E-state index contributed by atoms with van der Waals surface area (Å²) >= 11 is 0. The molecule has 1 heterocycles. The van der Waals surface area contributed by atoms with Gasteiger partial charge in [-0.25, -0.2) is 9.78 Å². The highest BCUT2D eigenvalue weighted by Gasteiger charge is 2.15. The lowest BCUT2D eigenvalue weighted by atomic mass is 10.1. The van der Waals surface area contributed by atoms with E-state index in [4.69, 9.17) is 9.72 Å². The van der Waals surface area contributed by atoms with E-state index in [0.29, 0.717) is 23.7 Å². The number of hydrogen-bond donors (Lipinski definition) is 0. The smallest absolute Gasteiger partial charge is 0.343 e. The van der Waals surface area contributed by atoms with E-state index in [9.17, 15) is 4.79 Å². The van der Waals surface area contributed by atoms with Gasteiger partial charge in [0.15, 0.2) is 0 Å². The monoisotopic (exact) mass is 408 g/mol. The van der Waals surface area contributed by atoms with E-state index in [-0.39, 0.29) is 0 Å². The predicted molar refractivity (Wildman–Crippen MR) is 126 cm³/mol. The van der Waals surface area contributed by atoms with Crippen molar-refractivity contribution in [3.63, 3.8) is 0 Å². The number of nitrogens with zero attached hydrogens (tertiary/aromatic N) is 2. The molecular weight excluding hydrogens is 384 g/mol. The van der Waals surface area contributed by atoms with Gasteiger partial charge in [-0.3, -0.25) is 0 Å². The molecule has 4 rings (SSSR count). The van der Waals surface area contributed by atoms with Gasteiger partial charge in [0.05, 0.1) is 16.6 Å². The van der Waals surface area contributed by atoms with Crippen molar-refractivity contribution in [2.75, 3.05) is 0 Å². The van der Waals surface area contributed by atoms with E-state index in [1.54, 1.807) is 12.1 Å². The third-order valence-corrected chi connectivity index (χ3v) is 5.08. The SMILES string of the molecule is C=CCn1c(/C=C(/OC(=O)c2ccc(C)cc2)c2ccc(C)cc2)nc2ccccc21. The summed E-state index contributed by atoms with van der Waals surface area (Å²) in [6.07, 6.45) is 3.65. The number of fused-ring (bicyclic) bond motifs is 1. The van der Waals surface area contributed by atoms with E-state index < -0.39 is 5.97 Å². The first kappa shape index (κ1) is 20.4. The van der Waals surface area contributed by atoms with Crippen LogP contribution in [0.15, 0.2) is 85.5 Å². The number of aryl methyl sites for hydroxylation is 2. The van der Waals surface area contributed by atoms with Gasteiger partial charge in [0.25, 0.3) is 0 Å². The number of ether oxygens (including phenoxy) is 1. The summed E-state index contributed by atoms with van der Waals surface area (Å²) in [5, 5.41) is 0. The van der Waals surface area contributed by atoms with Crippen molar-refractivity contribution in [2.45, 2.75) is 20.4 Å². The minimum atomic E-state index is -0.404. The first-order valence-electron chi connectivity index (χ1n) is 10.2. The molecule has 4 heteroatoms. The molecule has 0 aliphatic heterocycles. The Hall–Kier alpha value is -3.92. The Morgan fingerprint density at radius 2 is 1.55 bits per heavy atom. The Morgan fingerprint density at radius 3 is 2.19 bits per heavy atom. The molecule has 0 aliphatic rings. The number of aromatic nitrogens is 2. The summed E-state index contributed by atoms with van der Waals surface area (Å²) in [5.41, 5.74) is 5.41. The molecule has 0 bridgehead atoms. The van der Waals surface area contributed by atoms with Crippen LogP contribution in [0, 0.1) is 13.8 Å². The summed E-state index contributed by atoms with van der Waals surface area (Å²) in [6.45, 7) is 8.47. The summed E-state index contributed by atoms with van der Waals surface area (Å²) in [7, 11) is 0. The number of carbonyl (C=O) groups is 1. The fraction of sp³-hybridized carbons (Fsp3) is 0.111. The minimum absolute atomic E-state index is 0.404. The molecule has 0 N–H and O–H groups in total. The lowest BCUT2D eigenvalue weighted by Gasteiger charge is -2.11. The van der Waals surface area contributed by atoms with Crippen molar-refractivity contribution in [1.82, 2.24) is 9.55 Å². The third-order valence-electron chi connectivity index (χ3n) is 5.08. The minimum Gasteiger partial charge on any atom is -0.422 e. The molecule has 0 atom stereocenters. The molecule has 0 fully saturated rings. The average Bonchev–Trinajstić information content (AvgIpc) is 3.12. The van der Waals surface area contributed by atoms with Crippen molar-refractivity contribution in [3.8, 4) is 0 Å². The number of carbonyl (C=O) groups excluding carboxylic acids is 1. The second kappa shape index (κ2) is 8.84. The highest BCUT2D eigenvalue weighted by molar-refractivity contribution is 5.95. The third kappa shape index (κ3) is 4.48. The van der Waals surface area contributed by atoms with E-state index >= 15 is 0 Å². The highest BCUT2D eigenvalue weighted by atomic mass is 16.5. The molecule has 4 nitrogen and oxygen atoms in total. The lowest BCUT2D eigenvalue weighted by Crippen LogP contribution is -2.06.